The van der Waals surface area contributed by atoms with Crippen molar-refractivity contribution in [1.29, 1.82) is 0 Å². The van der Waals surface area contributed by atoms with Crippen LogP contribution in [0.1, 0.15) is 18.4 Å². The van der Waals surface area contributed by atoms with Gasteiger partial charge >= 0.3 is 5.97 Å². The quantitative estimate of drug-likeness (QED) is 0.845. The van der Waals surface area contributed by atoms with Gasteiger partial charge in [-0.3, -0.25) is 4.90 Å². The van der Waals surface area contributed by atoms with Gasteiger partial charge in [0, 0.05) is 19.0 Å². The van der Waals surface area contributed by atoms with Crippen LogP contribution in [-0.4, -0.2) is 40.3 Å². The molecule has 1 fully saturated rings. The Morgan fingerprint density at radius 1 is 1.39 bits per heavy atom. The summed E-state index contributed by atoms with van der Waals surface area (Å²) in [5, 5.41) is 18.5. The Balaban J connectivity index is 1.93. The summed E-state index contributed by atoms with van der Waals surface area (Å²) in [4.78, 5) is 13.0. The maximum absolute atomic E-state index is 10.8. The van der Waals surface area contributed by atoms with Gasteiger partial charge in [-0.25, -0.2) is 4.79 Å². The molecule has 98 valence electrons. The van der Waals surface area contributed by atoms with Crippen LogP contribution in [0.4, 0.5) is 0 Å². The molecule has 4 heteroatoms. The highest BCUT2D eigenvalue weighted by Crippen LogP contribution is 2.21. The van der Waals surface area contributed by atoms with Crippen LogP contribution >= 0.6 is 0 Å². The van der Waals surface area contributed by atoms with Crippen LogP contribution in [0.25, 0.3) is 0 Å². The van der Waals surface area contributed by atoms with Gasteiger partial charge in [0.1, 0.15) is 0 Å². The molecule has 0 aliphatic carbocycles. The molecule has 0 radical (unpaired) electrons. The molecule has 0 saturated carbocycles. The number of aliphatic carboxylic acids is 1. The lowest BCUT2D eigenvalue weighted by Crippen LogP contribution is -2.42. The van der Waals surface area contributed by atoms with Crippen LogP contribution < -0.4 is 0 Å². The molecule has 1 aliphatic rings. The second-order valence-corrected chi connectivity index (χ2v) is 4.91. The van der Waals surface area contributed by atoms with E-state index in [4.69, 9.17) is 5.11 Å². The van der Waals surface area contributed by atoms with Crippen molar-refractivity contribution < 1.29 is 15.0 Å². The SMILES string of the molecule is O=C(O)C(O)C1CCCN(Cc2ccccc2)C1. The molecule has 1 heterocycles. The molecular formula is C14H19NO3. The predicted octanol–water partition coefficient (Wildman–Crippen LogP) is 1.34. The number of nitrogens with zero attached hydrogens (tertiary/aromatic N) is 1. The van der Waals surface area contributed by atoms with Crippen molar-refractivity contribution in [2.75, 3.05) is 13.1 Å². The molecule has 2 rings (SSSR count). The molecule has 2 unspecified atom stereocenters. The van der Waals surface area contributed by atoms with Crippen molar-refractivity contribution in [3.05, 3.63) is 35.9 Å². The topological polar surface area (TPSA) is 60.8 Å². The van der Waals surface area contributed by atoms with Gasteiger partial charge in [0.25, 0.3) is 0 Å². The van der Waals surface area contributed by atoms with Crippen molar-refractivity contribution in [2.24, 2.45) is 5.92 Å². The summed E-state index contributed by atoms with van der Waals surface area (Å²) in [5.74, 6) is -1.26. The highest BCUT2D eigenvalue weighted by atomic mass is 16.4. The lowest BCUT2D eigenvalue weighted by Gasteiger charge is -2.33. The van der Waals surface area contributed by atoms with E-state index in [1.54, 1.807) is 0 Å². The van der Waals surface area contributed by atoms with E-state index >= 15 is 0 Å². The zero-order valence-corrected chi connectivity index (χ0v) is 10.3. The number of carboxylic acid groups (broad SMARTS) is 1. The van der Waals surface area contributed by atoms with Crippen LogP contribution in [0.15, 0.2) is 30.3 Å². The number of likely N-dealkylation sites (tertiary alicyclic amines) is 1. The van der Waals surface area contributed by atoms with E-state index in [1.807, 2.05) is 18.2 Å². The minimum atomic E-state index is -1.23. The van der Waals surface area contributed by atoms with Crippen molar-refractivity contribution in [3.8, 4) is 0 Å². The average Bonchev–Trinajstić information content (AvgIpc) is 2.39. The lowest BCUT2D eigenvalue weighted by molar-refractivity contribution is -0.150. The molecule has 1 aromatic carbocycles. The van der Waals surface area contributed by atoms with E-state index in [2.05, 4.69) is 17.0 Å². The summed E-state index contributed by atoms with van der Waals surface area (Å²) in [7, 11) is 0. The first-order valence-corrected chi connectivity index (χ1v) is 6.34. The van der Waals surface area contributed by atoms with E-state index in [0.717, 1.165) is 25.9 Å². The maximum Gasteiger partial charge on any atom is 0.332 e. The fraction of sp³-hybridized carbons (Fsp3) is 0.500. The molecule has 0 aromatic heterocycles. The average molecular weight is 249 g/mol. The Bertz CT molecular complexity index is 393. The molecular weight excluding hydrogens is 230 g/mol. The summed E-state index contributed by atoms with van der Waals surface area (Å²) in [5.41, 5.74) is 1.22. The van der Waals surface area contributed by atoms with Gasteiger partial charge in [-0.05, 0) is 24.9 Å². The largest absolute Gasteiger partial charge is 0.479 e. The van der Waals surface area contributed by atoms with Crippen LogP contribution in [-0.2, 0) is 11.3 Å². The number of benzene rings is 1. The number of aliphatic hydroxyl groups excluding tert-OH is 1. The fourth-order valence-corrected chi connectivity index (χ4v) is 2.54. The van der Waals surface area contributed by atoms with E-state index in [1.165, 1.54) is 5.56 Å². The van der Waals surface area contributed by atoms with Gasteiger partial charge in [0.05, 0.1) is 0 Å². The van der Waals surface area contributed by atoms with Crippen molar-refractivity contribution in [3.63, 3.8) is 0 Å². The smallest absolute Gasteiger partial charge is 0.332 e. The number of rotatable bonds is 4. The highest BCUT2D eigenvalue weighted by Gasteiger charge is 2.30. The van der Waals surface area contributed by atoms with Gasteiger partial charge < -0.3 is 10.2 Å². The third-order valence-electron chi connectivity index (χ3n) is 3.49. The number of aliphatic hydroxyl groups is 1. The summed E-state index contributed by atoms with van der Waals surface area (Å²) in [6, 6.07) is 10.1. The molecule has 1 aromatic rings. The minimum Gasteiger partial charge on any atom is -0.479 e. The van der Waals surface area contributed by atoms with Crippen LogP contribution in [0, 0.1) is 5.92 Å². The standard InChI is InChI=1S/C14H19NO3/c16-13(14(17)18)12-7-4-8-15(10-12)9-11-5-2-1-3-6-11/h1-3,5-6,12-13,16H,4,7-10H2,(H,17,18). The highest BCUT2D eigenvalue weighted by molar-refractivity contribution is 5.72. The first-order valence-electron chi connectivity index (χ1n) is 6.34. The second kappa shape index (κ2) is 5.98. The normalized spacial score (nSPS) is 22.6. The summed E-state index contributed by atoms with van der Waals surface area (Å²) in [6.07, 6.45) is 0.504. The maximum atomic E-state index is 10.8. The zero-order chi connectivity index (χ0) is 13.0. The van der Waals surface area contributed by atoms with Gasteiger partial charge in [0.15, 0.2) is 6.10 Å². The van der Waals surface area contributed by atoms with Crippen LogP contribution in [0.2, 0.25) is 0 Å². The third kappa shape index (κ3) is 3.31. The number of hydrogen-bond donors (Lipinski definition) is 2. The van der Waals surface area contributed by atoms with Crippen LogP contribution in [0.5, 0.6) is 0 Å². The van der Waals surface area contributed by atoms with Crippen molar-refractivity contribution in [2.45, 2.75) is 25.5 Å². The van der Waals surface area contributed by atoms with E-state index in [-0.39, 0.29) is 5.92 Å². The lowest BCUT2D eigenvalue weighted by atomic mass is 9.92. The zero-order valence-electron chi connectivity index (χ0n) is 10.3. The second-order valence-electron chi connectivity index (χ2n) is 4.91. The number of carbonyl (C=O) groups is 1. The molecule has 0 amide bonds. The monoisotopic (exact) mass is 249 g/mol. The summed E-state index contributed by atoms with van der Waals surface area (Å²) < 4.78 is 0. The number of hydrogen-bond acceptors (Lipinski definition) is 3. The van der Waals surface area contributed by atoms with Gasteiger partial charge in [-0.2, -0.15) is 0 Å². The Morgan fingerprint density at radius 2 is 2.11 bits per heavy atom. The molecule has 1 saturated heterocycles. The Hall–Kier alpha value is -1.39. The van der Waals surface area contributed by atoms with E-state index in [9.17, 15) is 9.90 Å². The summed E-state index contributed by atoms with van der Waals surface area (Å²) in [6.45, 7) is 2.45. The van der Waals surface area contributed by atoms with E-state index < -0.39 is 12.1 Å². The van der Waals surface area contributed by atoms with Crippen molar-refractivity contribution >= 4 is 5.97 Å². The number of carboxylic acids is 1. The fourth-order valence-electron chi connectivity index (χ4n) is 2.54. The van der Waals surface area contributed by atoms with Crippen LogP contribution in [0.3, 0.4) is 0 Å². The van der Waals surface area contributed by atoms with Crippen molar-refractivity contribution in [1.82, 2.24) is 4.90 Å². The molecule has 0 spiro atoms. The molecule has 2 N–H and O–H groups in total. The summed E-state index contributed by atoms with van der Waals surface area (Å²) >= 11 is 0. The molecule has 4 nitrogen and oxygen atoms in total. The van der Waals surface area contributed by atoms with E-state index in [0.29, 0.717) is 6.54 Å². The minimum absolute atomic E-state index is 0.153. The molecule has 0 bridgehead atoms. The molecule has 18 heavy (non-hydrogen) atoms. The molecule has 2 atom stereocenters. The van der Waals surface area contributed by atoms with Gasteiger partial charge in [0.2, 0.25) is 0 Å². The van der Waals surface area contributed by atoms with Gasteiger partial charge in [-0.15, -0.1) is 0 Å². The molecule has 1 aliphatic heterocycles. The van der Waals surface area contributed by atoms with Gasteiger partial charge in [-0.1, -0.05) is 30.3 Å². The number of piperidine rings is 1. The predicted molar refractivity (Wildman–Crippen MR) is 68.1 cm³/mol. The Labute approximate surface area is 107 Å². The third-order valence-corrected chi connectivity index (χ3v) is 3.49. The first-order chi connectivity index (χ1) is 8.66. The Kier molecular flexibility index (Phi) is 4.33. The first kappa shape index (κ1) is 13.1. The Morgan fingerprint density at radius 3 is 2.78 bits per heavy atom.